The van der Waals surface area contributed by atoms with Crippen molar-refractivity contribution in [3.8, 4) is 17.6 Å². The summed E-state index contributed by atoms with van der Waals surface area (Å²) in [5, 5.41) is 9.67. The molecule has 3 rings (SSSR count). The Morgan fingerprint density at radius 3 is 2.67 bits per heavy atom. The number of benzene rings is 2. The number of aromatic amines is 1. The van der Waals surface area contributed by atoms with Crippen molar-refractivity contribution in [3.63, 3.8) is 0 Å². The van der Waals surface area contributed by atoms with Crippen molar-refractivity contribution in [2.75, 3.05) is 13.7 Å². The van der Waals surface area contributed by atoms with Gasteiger partial charge in [0.2, 0.25) is 0 Å². The molecule has 0 aliphatic carbocycles. The summed E-state index contributed by atoms with van der Waals surface area (Å²) in [4.78, 5) is 7.83. The van der Waals surface area contributed by atoms with E-state index in [1.165, 1.54) is 11.1 Å². The monoisotopic (exact) mass is 425 g/mol. The maximum Gasteiger partial charge on any atom is 0.174 e. The van der Waals surface area contributed by atoms with Gasteiger partial charge in [-0.15, -0.1) is 0 Å². The molecule has 0 radical (unpaired) electrons. The van der Waals surface area contributed by atoms with Gasteiger partial charge in [-0.25, -0.2) is 4.98 Å². The van der Waals surface area contributed by atoms with Gasteiger partial charge in [-0.05, 0) is 83.7 Å². The predicted octanol–water partition coefficient (Wildman–Crippen LogP) is 5.41. The highest BCUT2D eigenvalue weighted by Crippen LogP contribution is 2.37. The lowest BCUT2D eigenvalue weighted by Gasteiger charge is -2.12. The predicted molar refractivity (Wildman–Crippen MR) is 111 cm³/mol. The number of H-pyrrole nitrogens is 1. The molecule has 0 atom stereocenters. The molecule has 0 amide bonds. The molecular weight excluding hydrogens is 406 g/mol. The molecule has 5 nitrogen and oxygen atoms in total. The van der Waals surface area contributed by atoms with Crippen LogP contribution in [0.3, 0.4) is 0 Å². The average molecular weight is 426 g/mol. The number of hydrogen-bond donors (Lipinski definition) is 1. The fraction of sp³-hybridized carbons (Fsp3) is 0.238. The molecule has 0 bridgehead atoms. The Morgan fingerprint density at radius 1 is 1.26 bits per heavy atom. The standard InChI is InChI=1S/C21H20BrN3O2/c1-5-27-19-10-14(9-16(22)20(19)26-4)8-15(11-23)21-24-17-6-12(2)13(3)7-18(17)25-21/h6-10H,5H2,1-4H3,(H,24,25)/b15-8-. The number of ether oxygens (including phenoxy) is 2. The number of nitrogens with one attached hydrogen (secondary N) is 1. The van der Waals surface area contributed by atoms with Crippen LogP contribution in [0.25, 0.3) is 22.7 Å². The number of imidazole rings is 1. The molecule has 0 unspecified atom stereocenters. The number of halogens is 1. The van der Waals surface area contributed by atoms with E-state index in [1.807, 2.05) is 38.1 Å². The van der Waals surface area contributed by atoms with E-state index in [4.69, 9.17) is 9.47 Å². The molecule has 0 saturated carbocycles. The minimum Gasteiger partial charge on any atom is -0.492 e. The van der Waals surface area contributed by atoms with E-state index in [9.17, 15) is 5.26 Å². The maximum atomic E-state index is 9.67. The van der Waals surface area contributed by atoms with Crippen LogP contribution >= 0.6 is 15.9 Å². The molecule has 0 spiro atoms. The van der Waals surface area contributed by atoms with Crippen molar-refractivity contribution in [2.45, 2.75) is 20.8 Å². The zero-order chi connectivity index (χ0) is 19.6. The van der Waals surface area contributed by atoms with Crippen molar-refractivity contribution >= 4 is 38.6 Å². The summed E-state index contributed by atoms with van der Waals surface area (Å²) < 4.78 is 11.8. The van der Waals surface area contributed by atoms with Crippen molar-refractivity contribution in [1.29, 1.82) is 5.26 Å². The van der Waals surface area contributed by atoms with Crippen LogP contribution < -0.4 is 9.47 Å². The van der Waals surface area contributed by atoms with Gasteiger partial charge in [0.25, 0.3) is 0 Å². The molecule has 1 aromatic heterocycles. The lowest BCUT2D eigenvalue weighted by molar-refractivity contribution is 0.310. The van der Waals surface area contributed by atoms with Gasteiger partial charge < -0.3 is 14.5 Å². The van der Waals surface area contributed by atoms with Crippen LogP contribution in [-0.2, 0) is 0 Å². The maximum absolute atomic E-state index is 9.67. The summed E-state index contributed by atoms with van der Waals surface area (Å²) in [5.41, 5.74) is 5.38. The molecule has 0 aliphatic heterocycles. The van der Waals surface area contributed by atoms with E-state index in [2.05, 4.69) is 38.9 Å². The number of fused-ring (bicyclic) bond motifs is 1. The van der Waals surface area contributed by atoms with Crippen molar-refractivity contribution in [2.24, 2.45) is 0 Å². The third kappa shape index (κ3) is 3.83. The van der Waals surface area contributed by atoms with E-state index in [0.717, 1.165) is 21.1 Å². The first kappa shape index (κ1) is 19.0. The average Bonchev–Trinajstić information content (AvgIpc) is 3.02. The summed E-state index contributed by atoms with van der Waals surface area (Å²) >= 11 is 3.50. The fourth-order valence-electron chi connectivity index (χ4n) is 2.85. The van der Waals surface area contributed by atoms with Crippen LogP contribution in [0.15, 0.2) is 28.7 Å². The molecule has 0 aliphatic rings. The van der Waals surface area contributed by atoms with Gasteiger partial charge in [0, 0.05) is 0 Å². The van der Waals surface area contributed by atoms with Crippen LogP contribution in [0.4, 0.5) is 0 Å². The smallest absolute Gasteiger partial charge is 0.174 e. The van der Waals surface area contributed by atoms with Crippen LogP contribution in [0.1, 0.15) is 29.4 Å². The lowest BCUT2D eigenvalue weighted by atomic mass is 10.1. The van der Waals surface area contributed by atoms with Gasteiger partial charge in [-0.2, -0.15) is 5.26 Å². The van der Waals surface area contributed by atoms with E-state index in [1.54, 1.807) is 13.2 Å². The topological polar surface area (TPSA) is 70.9 Å². The highest BCUT2D eigenvalue weighted by atomic mass is 79.9. The molecular formula is C21H20BrN3O2. The number of allylic oxidation sites excluding steroid dienone is 1. The minimum absolute atomic E-state index is 0.445. The first-order valence-electron chi connectivity index (χ1n) is 8.56. The zero-order valence-electron chi connectivity index (χ0n) is 15.7. The highest BCUT2D eigenvalue weighted by molar-refractivity contribution is 9.10. The van der Waals surface area contributed by atoms with Crippen LogP contribution in [0.2, 0.25) is 0 Å². The molecule has 138 valence electrons. The van der Waals surface area contributed by atoms with E-state index in [0.29, 0.717) is 29.5 Å². The first-order valence-corrected chi connectivity index (χ1v) is 9.35. The molecule has 2 aromatic carbocycles. The Morgan fingerprint density at radius 2 is 2.00 bits per heavy atom. The number of nitriles is 1. The van der Waals surface area contributed by atoms with Gasteiger partial charge in [-0.3, -0.25) is 0 Å². The Kier molecular flexibility index (Phi) is 5.52. The summed E-state index contributed by atoms with van der Waals surface area (Å²) in [6, 6.07) is 10.0. The number of hydrogen-bond acceptors (Lipinski definition) is 4. The van der Waals surface area contributed by atoms with Crippen molar-refractivity contribution < 1.29 is 9.47 Å². The second kappa shape index (κ2) is 7.85. The summed E-state index contributed by atoms with van der Waals surface area (Å²) in [7, 11) is 1.59. The Bertz CT molecular complexity index is 1040. The number of aromatic nitrogens is 2. The second-order valence-corrected chi connectivity index (χ2v) is 7.03. The molecule has 3 aromatic rings. The van der Waals surface area contributed by atoms with Gasteiger partial charge in [0.1, 0.15) is 11.9 Å². The zero-order valence-corrected chi connectivity index (χ0v) is 17.3. The summed E-state index contributed by atoms with van der Waals surface area (Å²) in [6.45, 7) is 6.53. The molecule has 0 fully saturated rings. The summed E-state index contributed by atoms with van der Waals surface area (Å²) in [5.74, 6) is 1.79. The number of aryl methyl sites for hydroxylation is 2. The number of methoxy groups -OCH3 is 1. The Hall–Kier alpha value is -2.78. The highest BCUT2D eigenvalue weighted by Gasteiger charge is 2.13. The van der Waals surface area contributed by atoms with Crippen molar-refractivity contribution in [1.82, 2.24) is 9.97 Å². The second-order valence-electron chi connectivity index (χ2n) is 6.18. The Balaban J connectivity index is 2.08. The van der Waals surface area contributed by atoms with Gasteiger partial charge >= 0.3 is 0 Å². The van der Waals surface area contributed by atoms with E-state index in [-0.39, 0.29) is 0 Å². The van der Waals surface area contributed by atoms with Crippen LogP contribution in [-0.4, -0.2) is 23.7 Å². The van der Waals surface area contributed by atoms with Gasteiger partial charge in [0.15, 0.2) is 11.5 Å². The number of nitrogens with zero attached hydrogens (tertiary/aromatic N) is 2. The first-order chi connectivity index (χ1) is 13.0. The summed E-state index contributed by atoms with van der Waals surface area (Å²) in [6.07, 6.45) is 1.78. The third-order valence-corrected chi connectivity index (χ3v) is 4.91. The molecule has 6 heteroatoms. The van der Waals surface area contributed by atoms with Gasteiger partial charge in [0.05, 0.1) is 34.8 Å². The van der Waals surface area contributed by atoms with Crippen LogP contribution in [0, 0.1) is 25.2 Å². The lowest BCUT2D eigenvalue weighted by Crippen LogP contribution is -1.97. The Labute approximate surface area is 166 Å². The van der Waals surface area contributed by atoms with E-state index < -0.39 is 0 Å². The van der Waals surface area contributed by atoms with Crippen LogP contribution in [0.5, 0.6) is 11.5 Å². The molecule has 1 heterocycles. The van der Waals surface area contributed by atoms with Gasteiger partial charge in [-0.1, -0.05) is 0 Å². The quantitative estimate of drug-likeness (QED) is 0.554. The molecule has 27 heavy (non-hydrogen) atoms. The normalized spacial score (nSPS) is 11.5. The number of rotatable bonds is 5. The third-order valence-electron chi connectivity index (χ3n) is 4.32. The molecule has 1 N–H and O–H groups in total. The van der Waals surface area contributed by atoms with Crippen molar-refractivity contribution in [3.05, 3.63) is 51.3 Å². The molecule has 0 saturated heterocycles. The fourth-order valence-corrected chi connectivity index (χ4v) is 3.47. The van der Waals surface area contributed by atoms with E-state index >= 15 is 0 Å². The minimum atomic E-state index is 0.445. The largest absolute Gasteiger partial charge is 0.492 e. The SMILES string of the molecule is CCOc1cc(/C=C(/C#N)c2nc3cc(C)c(C)cc3[nH]2)cc(Br)c1OC.